The molecule has 1 aliphatic carbocycles. The zero-order valence-corrected chi connectivity index (χ0v) is 21.0. The molecule has 1 aliphatic rings. The topological polar surface area (TPSA) is 112 Å². The molecule has 6 aromatic rings. The number of carbonyl (C=O) groups is 1. The molecule has 6 aromatic heterocycles. The van der Waals surface area contributed by atoms with Crippen molar-refractivity contribution in [1.29, 1.82) is 0 Å². The van der Waals surface area contributed by atoms with Gasteiger partial charge >= 0.3 is 0 Å². The van der Waals surface area contributed by atoms with E-state index in [1.165, 1.54) is 6.07 Å². The van der Waals surface area contributed by atoms with E-state index in [0.717, 1.165) is 69.6 Å². The Kier molecular flexibility index (Phi) is 5.47. The molecular weight excluding hydrogens is 501 g/mol. The fourth-order valence-electron chi connectivity index (χ4n) is 5.16. The van der Waals surface area contributed by atoms with Crippen LogP contribution < -0.4 is 5.32 Å². The molecule has 1 fully saturated rings. The Bertz CT molecular complexity index is 1810. The number of aromatic amines is 2. The molecule has 10 heteroatoms. The van der Waals surface area contributed by atoms with Gasteiger partial charge in [0.1, 0.15) is 16.9 Å². The highest BCUT2D eigenvalue weighted by Gasteiger charge is 2.23. The molecular formula is C28H22FN7OS. The van der Waals surface area contributed by atoms with E-state index in [9.17, 15) is 9.18 Å². The van der Waals surface area contributed by atoms with Crippen molar-refractivity contribution in [1.82, 2.24) is 30.1 Å². The van der Waals surface area contributed by atoms with Gasteiger partial charge in [-0.3, -0.25) is 14.9 Å². The second kappa shape index (κ2) is 9.14. The first-order valence-electron chi connectivity index (χ1n) is 12.5. The SMILES string of the molecule is O=C(Nc1cncc(-c2ccc3[nH]nc(-c4cc5c(-c6ccc(F)s6)ccnc5[nH]4)c3n2)c1)C1CCCC1. The third-order valence-electron chi connectivity index (χ3n) is 7.06. The van der Waals surface area contributed by atoms with Crippen molar-refractivity contribution in [2.75, 3.05) is 5.32 Å². The Morgan fingerprint density at radius 2 is 1.97 bits per heavy atom. The van der Waals surface area contributed by atoms with E-state index in [0.29, 0.717) is 28.2 Å². The van der Waals surface area contributed by atoms with Crippen LogP contribution in [0.5, 0.6) is 0 Å². The molecule has 3 N–H and O–H groups in total. The van der Waals surface area contributed by atoms with Gasteiger partial charge in [-0.2, -0.15) is 9.49 Å². The van der Waals surface area contributed by atoms with Crippen LogP contribution in [0.2, 0.25) is 0 Å². The average molecular weight is 524 g/mol. The van der Waals surface area contributed by atoms with Crippen LogP contribution in [0.25, 0.3) is 55.2 Å². The molecule has 0 radical (unpaired) electrons. The molecule has 1 saturated carbocycles. The molecule has 0 bridgehead atoms. The summed E-state index contributed by atoms with van der Waals surface area (Å²) in [5.74, 6) is 0.130. The number of anilines is 1. The number of pyridine rings is 3. The lowest BCUT2D eigenvalue weighted by Gasteiger charge is -2.11. The minimum Gasteiger partial charge on any atom is -0.338 e. The third-order valence-corrected chi connectivity index (χ3v) is 7.97. The van der Waals surface area contributed by atoms with E-state index in [-0.39, 0.29) is 17.0 Å². The summed E-state index contributed by atoms with van der Waals surface area (Å²) in [6, 6.07) is 12.8. The number of H-pyrrole nitrogens is 2. The van der Waals surface area contributed by atoms with Crippen LogP contribution in [0.15, 0.2) is 61.1 Å². The number of halogens is 1. The largest absolute Gasteiger partial charge is 0.338 e. The van der Waals surface area contributed by atoms with Gasteiger partial charge in [0.05, 0.1) is 28.8 Å². The first kappa shape index (κ1) is 22.7. The summed E-state index contributed by atoms with van der Waals surface area (Å²) in [4.78, 5) is 30.5. The monoisotopic (exact) mass is 523 g/mol. The van der Waals surface area contributed by atoms with Gasteiger partial charge in [0.25, 0.3) is 0 Å². The number of amides is 1. The summed E-state index contributed by atoms with van der Waals surface area (Å²) in [5.41, 5.74) is 6.65. The molecule has 7 rings (SSSR count). The average Bonchev–Trinajstić information content (AvgIpc) is 3.74. The molecule has 0 spiro atoms. The van der Waals surface area contributed by atoms with Crippen LogP contribution in [0, 0.1) is 11.0 Å². The summed E-state index contributed by atoms with van der Waals surface area (Å²) in [5, 5.41) is 11.2. The zero-order valence-electron chi connectivity index (χ0n) is 20.2. The second-order valence-electron chi connectivity index (χ2n) is 9.51. The van der Waals surface area contributed by atoms with Crippen molar-refractivity contribution in [2.45, 2.75) is 25.7 Å². The van der Waals surface area contributed by atoms with Gasteiger partial charge in [0.15, 0.2) is 5.13 Å². The van der Waals surface area contributed by atoms with E-state index in [4.69, 9.17) is 4.98 Å². The first-order chi connectivity index (χ1) is 18.6. The van der Waals surface area contributed by atoms with Gasteiger partial charge in [0.2, 0.25) is 5.91 Å². The number of nitrogens with zero attached hydrogens (tertiary/aromatic N) is 4. The summed E-state index contributed by atoms with van der Waals surface area (Å²) in [6.45, 7) is 0. The summed E-state index contributed by atoms with van der Waals surface area (Å²) in [6.07, 6.45) is 9.19. The Morgan fingerprint density at radius 3 is 2.82 bits per heavy atom. The lowest BCUT2D eigenvalue weighted by atomic mass is 10.1. The van der Waals surface area contributed by atoms with Gasteiger partial charge in [-0.1, -0.05) is 12.8 Å². The summed E-state index contributed by atoms with van der Waals surface area (Å²) < 4.78 is 13.7. The molecule has 38 heavy (non-hydrogen) atoms. The first-order valence-corrected chi connectivity index (χ1v) is 13.3. The Labute approximate surface area is 220 Å². The number of aromatic nitrogens is 6. The highest BCUT2D eigenvalue weighted by molar-refractivity contribution is 7.14. The minimum atomic E-state index is -0.229. The van der Waals surface area contributed by atoms with Crippen molar-refractivity contribution in [2.24, 2.45) is 5.92 Å². The molecule has 0 saturated heterocycles. The number of fused-ring (bicyclic) bond motifs is 2. The molecule has 6 heterocycles. The van der Waals surface area contributed by atoms with Crippen LogP contribution in [0.4, 0.5) is 10.1 Å². The smallest absolute Gasteiger partial charge is 0.227 e. The standard InChI is InChI=1S/C28H22FN7OS/c29-24-8-7-23(38-24)18-9-10-31-27-19(18)12-22(34-27)26-25-21(35-36-26)6-5-20(33-25)16-11-17(14-30-13-16)32-28(37)15-3-1-2-4-15/h5-15H,1-4H2,(H,31,34)(H,32,37)(H,35,36). The predicted molar refractivity (Wildman–Crippen MR) is 146 cm³/mol. The highest BCUT2D eigenvalue weighted by atomic mass is 32.1. The minimum absolute atomic E-state index is 0.0547. The number of hydrogen-bond acceptors (Lipinski definition) is 6. The Hall–Kier alpha value is -4.44. The van der Waals surface area contributed by atoms with Crippen LogP contribution >= 0.6 is 11.3 Å². The molecule has 0 aliphatic heterocycles. The number of hydrogen-bond donors (Lipinski definition) is 3. The van der Waals surface area contributed by atoms with Crippen molar-refractivity contribution in [3.8, 4) is 33.1 Å². The number of rotatable bonds is 5. The number of carbonyl (C=O) groups excluding carboxylic acids is 1. The molecule has 1 amide bonds. The molecule has 188 valence electrons. The van der Waals surface area contributed by atoms with Crippen molar-refractivity contribution in [3.63, 3.8) is 0 Å². The quantitative estimate of drug-likeness (QED) is 0.237. The van der Waals surface area contributed by atoms with Crippen molar-refractivity contribution in [3.05, 3.63) is 66.2 Å². The number of nitrogens with one attached hydrogen (secondary N) is 3. The maximum absolute atomic E-state index is 13.7. The van der Waals surface area contributed by atoms with Gasteiger partial charge < -0.3 is 10.3 Å². The van der Waals surface area contributed by atoms with Gasteiger partial charge in [-0.05, 0) is 55.3 Å². The van der Waals surface area contributed by atoms with Crippen LogP contribution in [-0.2, 0) is 4.79 Å². The summed E-state index contributed by atoms with van der Waals surface area (Å²) >= 11 is 1.10. The van der Waals surface area contributed by atoms with E-state index >= 15 is 0 Å². The van der Waals surface area contributed by atoms with Gasteiger partial charge in [-0.15, -0.1) is 11.3 Å². The maximum atomic E-state index is 13.7. The van der Waals surface area contributed by atoms with E-state index < -0.39 is 0 Å². The van der Waals surface area contributed by atoms with E-state index in [1.807, 2.05) is 30.3 Å². The lowest BCUT2D eigenvalue weighted by Crippen LogP contribution is -2.20. The maximum Gasteiger partial charge on any atom is 0.227 e. The van der Waals surface area contributed by atoms with Gasteiger partial charge in [-0.25, -0.2) is 9.97 Å². The predicted octanol–water partition coefficient (Wildman–Crippen LogP) is 6.56. The van der Waals surface area contributed by atoms with Crippen LogP contribution in [-0.4, -0.2) is 36.0 Å². The van der Waals surface area contributed by atoms with Crippen LogP contribution in [0.1, 0.15) is 25.7 Å². The zero-order chi connectivity index (χ0) is 25.6. The van der Waals surface area contributed by atoms with Crippen molar-refractivity contribution < 1.29 is 9.18 Å². The van der Waals surface area contributed by atoms with Crippen LogP contribution in [0.3, 0.4) is 0 Å². The molecule has 8 nitrogen and oxygen atoms in total. The van der Waals surface area contributed by atoms with Gasteiger partial charge in [0, 0.05) is 39.7 Å². The van der Waals surface area contributed by atoms with E-state index in [1.54, 1.807) is 24.7 Å². The van der Waals surface area contributed by atoms with E-state index in [2.05, 4.69) is 30.5 Å². The Morgan fingerprint density at radius 1 is 1.08 bits per heavy atom. The fourth-order valence-corrected chi connectivity index (χ4v) is 5.93. The fraction of sp³-hybridized carbons (Fsp3) is 0.179. The third kappa shape index (κ3) is 4.03. The second-order valence-corrected chi connectivity index (χ2v) is 10.5. The normalized spacial score (nSPS) is 14.0. The molecule has 0 atom stereocenters. The lowest BCUT2D eigenvalue weighted by molar-refractivity contribution is -0.119. The highest BCUT2D eigenvalue weighted by Crippen LogP contribution is 2.36. The molecule has 0 aromatic carbocycles. The Balaban J connectivity index is 1.24. The summed E-state index contributed by atoms with van der Waals surface area (Å²) in [7, 11) is 0. The van der Waals surface area contributed by atoms with Crippen molar-refractivity contribution >= 4 is 45.0 Å². The number of thiophene rings is 1. The molecule has 0 unspecified atom stereocenters.